The predicted molar refractivity (Wildman–Crippen MR) is 103 cm³/mol. The van der Waals surface area contributed by atoms with E-state index in [0.717, 1.165) is 57.8 Å². The number of aliphatic imine (C=N–C) groups is 1. The molecule has 0 aromatic heterocycles. The van der Waals surface area contributed by atoms with E-state index in [4.69, 9.17) is 31.5 Å². The Bertz CT molecular complexity index is 621. The molecule has 0 aliphatic carbocycles. The lowest BCUT2D eigenvalue weighted by Gasteiger charge is -2.26. The molecule has 0 saturated carbocycles. The van der Waals surface area contributed by atoms with Gasteiger partial charge in [-0.3, -0.25) is 9.89 Å². The van der Waals surface area contributed by atoms with Crippen molar-refractivity contribution in [1.29, 1.82) is 0 Å². The summed E-state index contributed by atoms with van der Waals surface area (Å²) in [5.74, 6) is 1.83. The predicted octanol–water partition coefficient (Wildman–Crippen LogP) is 1.28. The van der Waals surface area contributed by atoms with Crippen molar-refractivity contribution in [3.05, 3.63) is 22.7 Å². The third-order valence-electron chi connectivity index (χ3n) is 4.39. The van der Waals surface area contributed by atoms with Crippen molar-refractivity contribution in [3.63, 3.8) is 0 Å². The van der Waals surface area contributed by atoms with Gasteiger partial charge >= 0.3 is 0 Å². The van der Waals surface area contributed by atoms with Crippen LogP contribution in [0.5, 0.6) is 11.5 Å². The Labute approximate surface area is 159 Å². The van der Waals surface area contributed by atoms with Gasteiger partial charge in [-0.05, 0) is 30.5 Å². The number of hydrogen-bond acceptors (Lipinski definition) is 5. The molecule has 3 rings (SSSR count). The Balaban J connectivity index is 1.36. The fourth-order valence-electron chi connectivity index (χ4n) is 3.02. The lowest BCUT2D eigenvalue weighted by Crippen LogP contribution is -2.37. The summed E-state index contributed by atoms with van der Waals surface area (Å²) >= 11 is 6.25. The molecule has 2 heterocycles. The number of fused-ring (bicyclic) bond motifs is 1. The number of rotatable bonds is 7. The zero-order chi connectivity index (χ0) is 18.2. The van der Waals surface area contributed by atoms with Crippen LogP contribution in [0.3, 0.4) is 0 Å². The van der Waals surface area contributed by atoms with Gasteiger partial charge in [-0.1, -0.05) is 11.6 Å². The average Bonchev–Trinajstić information content (AvgIpc) is 2.66. The zero-order valence-corrected chi connectivity index (χ0v) is 15.8. The molecule has 1 aromatic carbocycles. The molecule has 0 radical (unpaired) electrons. The maximum absolute atomic E-state index is 6.25. The van der Waals surface area contributed by atoms with Gasteiger partial charge < -0.3 is 25.3 Å². The number of guanidine groups is 1. The minimum atomic E-state index is 0.482. The summed E-state index contributed by atoms with van der Waals surface area (Å²) in [6, 6.07) is 3.88. The largest absolute Gasteiger partial charge is 0.486 e. The van der Waals surface area contributed by atoms with Crippen LogP contribution in [0.15, 0.2) is 17.1 Å². The van der Waals surface area contributed by atoms with Crippen molar-refractivity contribution in [2.24, 2.45) is 10.7 Å². The fraction of sp³-hybridized carbons (Fsp3) is 0.611. The van der Waals surface area contributed by atoms with E-state index in [1.165, 1.54) is 0 Å². The van der Waals surface area contributed by atoms with Crippen LogP contribution in [0.1, 0.15) is 12.0 Å². The number of hydrogen-bond donors (Lipinski definition) is 2. The lowest BCUT2D eigenvalue weighted by molar-refractivity contribution is 0.0377. The van der Waals surface area contributed by atoms with Gasteiger partial charge in [0.25, 0.3) is 0 Å². The highest BCUT2D eigenvalue weighted by Gasteiger charge is 2.16. The second-order valence-electron chi connectivity index (χ2n) is 6.35. The summed E-state index contributed by atoms with van der Waals surface area (Å²) in [6.07, 6.45) is 1.78. The molecule has 144 valence electrons. The molecule has 0 unspecified atom stereocenters. The molecular weight excluding hydrogens is 356 g/mol. The van der Waals surface area contributed by atoms with Crippen LogP contribution in [0, 0.1) is 0 Å². The molecule has 0 atom stereocenters. The van der Waals surface area contributed by atoms with Crippen LogP contribution >= 0.6 is 11.6 Å². The van der Waals surface area contributed by atoms with Crippen LogP contribution in [0.4, 0.5) is 0 Å². The summed E-state index contributed by atoms with van der Waals surface area (Å²) in [7, 11) is 0. The third-order valence-corrected chi connectivity index (χ3v) is 4.68. The van der Waals surface area contributed by atoms with Gasteiger partial charge in [0, 0.05) is 32.7 Å². The summed E-state index contributed by atoms with van der Waals surface area (Å²) < 4.78 is 16.5. The Morgan fingerprint density at radius 3 is 2.85 bits per heavy atom. The van der Waals surface area contributed by atoms with E-state index in [0.29, 0.717) is 42.2 Å². The smallest absolute Gasteiger partial charge is 0.188 e. The summed E-state index contributed by atoms with van der Waals surface area (Å²) in [5, 5.41) is 3.73. The number of nitrogens with one attached hydrogen (secondary N) is 1. The van der Waals surface area contributed by atoms with Crippen molar-refractivity contribution < 1.29 is 14.2 Å². The molecule has 0 amide bonds. The Morgan fingerprint density at radius 1 is 1.19 bits per heavy atom. The summed E-state index contributed by atoms with van der Waals surface area (Å²) in [4.78, 5) is 6.78. The molecule has 2 aliphatic rings. The van der Waals surface area contributed by atoms with Gasteiger partial charge in [-0.2, -0.15) is 0 Å². The molecule has 8 heteroatoms. The van der Waals surface area contributed by atoms with E-state index in [1.54, 1.807) is 0 Å². The first kappa shape index (κ1) is 19.1. The van der Waals surface area contributed by atoms with Crippen LogP contribution in [0.25, 0.3) is 0 Å². The van der Waals surface area contributed by atoms with Crippen molar-refractivity contribution in [2.75, 3.05) is 59.2 Å². The minimum Gasteiger partial charge on any atom is -0.486 e. The molecule has 26 heavy (non-hydrogen) atoms. The second-order valence-corrected chi connectivity index (χ2v) is 6.76. The third kappa shape index (κ3) is 5.65. The maximum atomic E-state index is 6.25. The van der Waals surface area contributed by atoms with E-state index in [2.05, 4.69) is 15.2 Å². The van der Waals surface area contributed by atoms with Gasteiger partial charge in [-0.25, -0.2) is 0 Å². The Hall–Kier alpha value is -1.70. The topological polar surface area (TPSA) is 81.3 Å². The monoisotopic (exact) mass is 382 g/mol. The summed E-state index contributed by atoms with van der Waals surface area (Å²) in [5.41, 5.74) is 7.01. The first-order valence-corrected chi connectivity index (χ1v) is 9.52. The number of nitrogens with two attached hydrogens (primary N) is 1. The lowest BCUT2D eigenvalue weighted by atomic mass is 10.1. The van der Waals surface area contributed by atoms with Crippen LogP contribution in [0.2, 0.25) is 5.02 Å². The van der Waals surface area contributed by atoms with E-state index < -0.39 is 0 Å². The standard InChI is InChI=1S/C18H27ClN4O3/c19-15-12-14(13-16-17(15)26-11-10-25-16)2-4-22-18(20)21-3-1-5-23-6-8-24-9-7-23/h12-13H,1-11H2,(H3,20,21,22). The fourth-order valence-corrected chi connectivity index (χ4v) is 3.31. The van der Waals surface area contributed by atoms with Crippen molar-refractivity contribution in [3.8, 4) is 11.5 Å². The molecule has 3 N–H and O–H groups in total. The minimum absolute atomic E-state index is 0.482. The first-order valence-electron chi connectivity index (χ1n) is 9.14. The van der Waals surface area contributed by atoms with Crippen LogP contribution < -0.4 is 20.5 Å². The molecule has 1 aromatic rings. The van der Waals surface area contributed by atoms with Gasteiger partial charge in [0.1, 0.15) is 13.2 Å². The maximum Gasteiger partial charge on any atom is 0.188 e. The van der Waals surface area contributed by atoms with E-state index in [1.807, 2.05) is 12.1 Å². The highest BCUT2D eigenvalue weighted by Crippen LogP contribution is 2.38. The molecule has 0 bridgehead atoms. The SMILES string of the molecule is NC(=NCCCN1CCOCC1)NCCc1cc(Cl)c2c(c1)OCCO2. The molecule has 0 spiro atoms. The Morgan fingerprint density at radius 2 is 2.00 bits per heavy atom. The van der Waals surface area contributed by atoms with Crippen LogP contribution in [-0.2, 0) is 11.2 Å². The normalized spacial score (nSPS) is 18.0. The highest BCUT2D eigenvalue weighted by atomic mass is 35.5. The second kappa shape index (κ2) is 9.85. The molecule has 1 saturated heterocycles. The van der Waals surface area contributed by atoms with Crippen molar-refractivity contribution in [2.45, 2.75) is 12.8 Å². The van der Waals surface area contributed by atoms with E-state index in [9.17, 15) is 0 Å². The van der Waals surface area contributed by atoms with E-state index in [-0.39, 0.29) is 0 Å². The molecule has 1 fully saturated rings. The summed E-state index contributed by atoms with van der Waals surface area (Å²) in [6.45, 7) is 7.22. The van der Waals surface area contributed by atoms with Crippen LogP contribution in [-0.4, -0.2) is 70.0 Å². The van der Waals surface area contributed by atoms with Crippen molar-refractivity contribution in [1.82, 2.24) is 10.2 Å². The van der Waals surface area contributed by atoms with Gasteiger partial charge in [-0.15, -0.1) is 0 Å². The van der Waals surface area contributed by atoms with E-state index >= 15 is 0 Å². The van der Waals surface area contributed by atoms with Gasteiger partial charge in [0.05, 0.1) is 18.2 Å². The number of halogens is 1. The van der Waals surface area contributed by atoms with Crippen molar-refractivity contribution >= 4 is 17.6 Å². The van der Waals surface area contributed by atoms with Gasteiger partial charge in [0.15, 0.2) is 17.5 Å². The average molecular weight is 383 g/mol. The number of morpholine rings is 1. The first-order chi connectivity index (χ1) is 12.7. The zero-order valence-electron chi connectivity index (χ0n) is 15.0. The number of benzene rings is 1. The molecular formula is C18H27ClN4O3. The number of ether oxygens (including phenoxy) is 3. The molecule has 7 nitrogen and oxygen atoms in total. The quantitative estimate of drug-likeness (QED) is 0.420. The molecule has 2 aliphatic heterocycles. The number of nitrogens with zero attached hydrogens (tertiary/aromatic N) is 2. The van der Waals surface area contributed by atoms with Gasteiger partial charge in [0.2, 0.25) is 0 Å². The highest BCUT2D eigenvalue weighted by molar-refractivity contribution is 6.32. The Kier molecular flexibility index (Phi) is 7.22.